The summed E-state index contributed by atoms with van der Waals surface area (Å²) >= 11 is 0. The lowest BCUT2D eigenvalue weighted by Gasteiger charge is -2.39. The Labute approximate surface area is 204 Å². The van der Waals surface area contributed by atoms with E-state index in [0.717, 1.165) is 62.4 Å². The molecule has 2 aromatic rings. The summed E-state index contributed by atoms with van der Waals surface area (Å²) in [4.78, 5) is 21.9. The summed E-state index contributed by atoms with van der Waals surface area (Å²) < 4.78 is 5.00. The van der Waals surface area contributed by atoms with Crippen LogP contribution in [0.2, 0.25) is 0 Å². The molecule has 2 N–H and O–H groups in total. The highest BCUT2D eigenvalue weighted by atomic mass is 16.5. The highest BCUT2D eigenvalue weighted by Gasteiger charge is 2.31. The third-order valence-corrected chi connectivity index (χ3v) is 6.60. The molecule has 2 fully saturated rings. The van der Waals surface area contributed by atoms with Crippen molar-refractivity contribution in [1.82, 2.24) is 9.88 Å². The molecule has 0 spiro atoms. The Bertz CT molecular complexity index is 964. The van der Waals surface area contributed by atoms with Crippen molar-refractivity contribution in [2.45, 2.75) is 53.0 Å². The largest absolute Gasteiger partial charge is 0.464 e. The second-order valence-corrected chi connectivity index (χ2v) is 8.89. The lowest BCUT2D eigenvalue weighted by Crippen LogP contribution is -2.49. The second-order valence-electron chi connectivity index (χ2n) is 8.89. The quantitative estimate of drug-likeness (QED) is 0.424. The second kappa shape index (κ2) is 12.0. The van der Waals surface area contributed by atoms with Crippen molar-refractivity contribution in [2.24, 2.45) is 5.92 Å². The zero-order chi connectivity index (χ0) is 24.7. The van der Waals surface area contributed by atoms with Gasteiger partial charge in [-0.25, -0.2) is 9.78 Å². The molecule has 1 aliphatic heterocycles. The summed E-state index contributed by atoms with van der Waals surface area (Å²) in [6.07, 6.45) is 3.22. The topological polar surface area (TPSA) is 81.5 Å². The summed E-state index contributed by atoms with van der Waals surface area (Å²) in [6.45, 7) is 12.0. The van der Waals surface area contributed by atoms with Crippen LogP contribution in [0.1, 0.15) is 63.0 Å². The first-order chi connectivity index (χ1) is 16.5. The van der Waals surface area contributed by atoms with Crippen LogP contribution in [0, 0.1) is 11.3 Å². The molecular weight excluding hydrogens is 426 g/mol. The van der Waals surface area contributed by atoms with Crippen molar-refractivity contribution >= 4 is 28.9 Å². The minimum atomic E-state index is -0.468. The first-order valence-corrected chi connectivity index (χ1v) is 12.5. The number of hydrogen-bond donors (Lipinski definition) is 2. The van der Waals surface area contributed by atoms with Gasteiger partial charge in [-0.2, -0.15) is 0 Å². The number of carbonyl (C=O) groups is 1. The number of piperazine rings is 1. The van der Waals surface area contributed by atoms with Crippen LogP contribution < -0.4 is 10.2 Å². The monoisotopic (exact) mass is 465 g/mol. The van der Waals surface area contributed by atoms with E-state index < -0.39 is 5.97 Å². The molecule has 0 radical (unpaired) electrons. The lowest BCUT2D eigenvalue weighted by molar-refractivity contribution is 0.0594. The number of para-hydroxylation sites is 1. The molecule has 0 unspecified atom stereocenters. The number of rotatable bonds is 7. The average molecular weight is 466 g/mol. The van der Waals surface area contributed by atoms with E-state index in [1.54, 1.807) is 0 Å². The predicted molar refractivity (Wildman–Crippen MR) is 140 cm³/mol. The molecule has 184 valence electrons. The number of pyridine rings is 1. The molecule has 4 rings (SSSR count). The Morgan fingerprint density at radius 2 is 1.76 bits per heavy atom. The summed E-state index contributed by atoms with van der Waals surface area (Å²) in [6, 6.07) is 12.1. The number of methoxy groups -OCH3 is 1. The average Bonchev–Trinajstić information content (AvgIpc) is 2.83. The van der Waals surface area contributed by atoms with Crippen LogP contribution >= 0.6 is 0 Å². The van der Waals surface area contributed by atoms with Gasteiger partial charge in [0.2, 0.25) is 0 Å². The number of hydrogen-bond acceptors (Lipinski definition) is 7. The smallest absolute Gasteiger partial charge is 0.356 e. The maximum Gasteiger partial charge on any atom is 0.356 e. The molecule has 1 saturated heterocycles. The van der Waals surface area contributed by atoms with E-state index in [2.05, 4.69) is 33.9 Å². The van der Waals surface area contributed by atoms with Gasteiger partial charge in [0.05, 0.1) is 18.4 Å². The number of carbonyl (C=O) groups excluding carboxylic acids is 1. The van der Waals surface area contributed by atoms with Gasteiger partial charge in [-0.1, -0.05) is 38.5 Å². The number of esters is 1. The lowest BCUT2D eigenvalue weighted by atomic mass is 9.79. The fourth-order valence-electron chi connectivity index (χ4n) is 4.38. The van der Waals surface area contributed by atoms with Crippen molar-refractivity contribution in [2.75, 3.05) is 43.5 Å². The maximum absolute atomic E-state index is 12.5. The molecule has 2 heterocycles. The Kier molecular flexibility index (Phi) is 9.05. The van der Waals surface area contributed by atoms with Crippen molar-refractivity contribution in [3.63, 3.8) is 0 Å². The molecule has 1 aliphatic carbocycles. The molecule has 0 atom stereocenters. The summed E-state index contributed by atoms with van der Waals surface area (Å²) in [5.41, 5.74) is 3.46. The molecule has 0 bridgehead atoms. The molecule has 1 aromatic heterocycles. The van der Waals surface area contributed by atoms with E-state index in [0.29, 0.717) is 17.6 Å². The van der Waals surface area contributed by atoms with Gasteiger partial charge >= 0.3 is 5.97 Å². The highest BCUT2D eigenvalue weighted by Crippen LogP contribution is 2.37. The summed E-state index contributed by atoms with van der Waals surface area (Å²) in [5.74, 6) is 0.329. The van der Waals surface area contributed by atoms with Crippen LogP contribution in [0.5, 0.6) is 0 Å². The fraction of sp³-hybridized carbons (Fsp3) is 0.519. The molecule has 7 heteroatoms. The van der Waals surface area contributed by atoms with E-state index in [4.69, 9.17) is 10.1 Å². The molecule has 1 aromatic carbocycles. The van der Waals surface area contributed by atoms with Gasteiger partial charge in [0.15, 0.2) is 5.69 Å². The van der Waals surface area contributed by atoms with Crippen molar-refractivity contribution in [1.29, 1.82) is 5.41 Å². The fourth-order valence-corrected chi connectivity index (χ4v) is 4.38. The standard InChI is InChI=1S/C25H33N5O2.C2H6/c1-17(2)29-12-14-30(15-13-29)21-16-20(25(31)32-3)28-24(27-19-10-5-4-6-11-19)22(21)23(26)18-8-7-9-18;1-2/h4-6,10-11,16-18,26H,7-9,12-15H2,1-3H3,(H,27,28);1-2H3. The first kappa shape index (κ1) is 25.7. The minimum Gasteiger partial charge on any atom is -0.464 e. The third kappa shape index (κ3) is 5.76. The van der Waals surface area contributed by atoms with E-state index in [1.165, 1.54) is 7.11 Å². The van der Waals surface area contributed by atoms with Crippen LogP contribution in [0.15, 0.2) is 36.4 Å². The molecule has 1 saturated carbocycles. The predicted octanol–water partition coefficient (Wildman–Crippen LogP) is 5.34. The molecule has 7 nitrogen and oxygen atoms in total. The first-order valence-electron chi connectivity index (χ1n) is 12.5. The molecule has 34 heavy (non-hydrogen) atoms. The van der Waals surface area contributed by atoms with Gasteiger partial charge in [-0.05, 0) is 44.9 Å². The number of nitrogens with zero attached hydrogens (tertiary/aromatic N) is 3. The Hall–Kier alpha value is -2.93. The van der Waals surface area contributed by atoms with Crippen LogP contribution in [-0.2, 0) is 4.74 Å². The Balaban J connectivity index is 0.00000158. The van der Waals surface area contributed by atoms with Crippen LogP contribution in [0.25, 0.3) is 0 Å². The zero-order valence-electron chi connectivity index (χ0n) is 21.2. The number of benzene rings is 1. The van der Waals surface area contributed by atoms with E-state index in [9.17, 15) is 4.79 Å². The Morgan fingerprint density at radius 3 is 2.29 bits per heavy atom. The Morgan fingerprint density at radius 1 is 1.12 bits per heavy atom. The van der Waals surface area contributed by atoms with Gasteiger partial charge in [0, 0.05) is 49.5 Å². The number of anilines is 3. The van der Waals surface area contributed by atoms with Crippen molar-refractivity contribution < 1.29 is 9.53 Å². The zero-order valence-corrected chi connectivity index (χ0v) is 21.2. The normalized spacial score (nSPS) is 16.4. The van der Waals surface area contributed by atoms with Crippen LogP contribution in [0.3, 0.4) is 0 Å². The van der Waals surface area contributed by atoms with Gasteiger partial charge in [-0.3, -0.25) is 4.90 Å². The SMILES string of the molecule is CC.COC(=O)c1cc(N2CCN(C(C)C)CC2)c(C(=N)C2CCC2)c(Nc2ccccc2)n1. The summed E-state index contributed by atoms with van der Waals surface area (Å²) in [5, 5.41) is 12.4. The highest BCUT2D eigenvalue weighted by molar-refractivity contribution is 6.10. The van der Waals surface area contributed by atoms with Gasteiger partial charge in [-0.15, -0.1) is 0 Å². The molecule has 0 amide bonds. The van der Waals surface area contributed by atoms with Crippen molar-refractivity contribution in [3.8, 4) is 0 Å². The minimum absolute atomic E-state index is 0.243. The van der Waals surface area contributed by atoms with E-state index in [1.807, 2.05) is 50.2 Å². The molecular formula is C27H39N5O2. The summed E-state index contributed by atoms with van der Waals surface area (Å²) in [7, 11) is 1.37. The third-order valence-electron chi connectivity index (χ3n) is 6.60. The number of aromatic nitrogens is 1. The van der Waals surface area contributed by atoms with Crippen LogP contribution in [-0.4, -0.2) is 60.9 Å². The van der Waals surface area contributed by atoms with E-state index >= 15 is 0 Å². The van der Waals surface area contributed by atoms with Gasteiger partial charge in [0.25, 0.3) is 0 Å². The van der Waals surface area contributed by atoms with Gasteiger partial charge in [0.1, 0.15) is 5.82 Å². The molecule has 2 aliphatic rings. The number of ether oxygens (including phenoxy) is 1. The van der Waals surface area contributed by atoms with Crippen molar-refractivity contribution in [3.05, 3.63) is 47.7 Å². The van der Waals surface area contributed by atoms with Gasteiger partial charge < -0.3 is 20.4 Å². The maximum atomic E-state index is 12.5. The number of nitrogens with one attached hydrogen (secondary N) is 2. The van der Waals surface area contributed by atoms with E-state index in [-0.39, 0.29) is 11.6 Å². The van der Waals surface area contributed by atoms with Crippen LogP contribution in [0.4, 0.5) is 17.2 Å².